The quantitative estimate of drug-likeness (QED) is 0.362. The Bertz CT molecular complexity index is 1110. The van der Waals surface area contributed by atoms with Crippen LogP contribution in [0.2, 0.25) is 5.02 Å². The molecule has 32 heavy (non-hydrogen) atoms. The number of rotatable bonds is 5. The van der Waals surface area contributed by atoms with Crippen molar-refractivity contribution in [1.82, 2.24) is 0 Å². The number of nitrogens with one attached hydrogen (secondary N) is 1. The van der Waals surface area contributed by atoms with Crippen molar-refractivity contribution in [3.05, 3.63) is 69.7 Å². The fraction of sp³-hybridized carbons (Fsp3) is 0.217. The van der Waals surface area contributed by atoms with Crippen LogP contribution in [0.1, 0.15) is 23.2 Å². The van der Waals surface area contributed by atoms with Crippen molar-refractivity contribution in [2.45, 2.75) is 12.8 Å². The van der Waals surface area contributed by atoms with Crippen molar-refractivity contribution < 1.29 is 23.9 Å². The maximum absolute atomic E-state index is 12.7. The summed E-state index contributed by atoms with van der Waals surface area (Å²) in [6.45, 7) is -0.494. The molecule has 2 aliphatic rings. The lowest BCUT2D eigenvalue weighted by molar-refractivity contribution is -0.122. The van der Waals surface area contributed by atoms with Crippen molar-refractivity contribution >= 4 is 62.6 Å². The molecule has 4 rings (SSSR count). The average Bonchev–Trinajstić information content (AvgIpc) is 3.04. The van der Waals surface area contributed by atoms with E-state index >= 15 is 0 Å². The molecule has 1 aliphatic heterocycles. The molecule has 2 atom stereocenters. The van der Waals surface area contributed by atoms with Crippen molar-refractivity contribution in [2.24, 2.45) is 11.8 Å². The molecule has 0 radical (unpaired) electrons. The zero-order valence-corrected chi connectivity index (χ0v) is 19.1. The van der Waals surface area contributed by atoms with E-state index in [1.807, 2.05) is 12.2 Å². The number of imide groups is 1. The second-order valence-electron chi connectivity index (χ2n) is 7.46. The van der Waals surface area contributed by atoms with Gasteiger partial charge in [0.15, 0.2) is 6.61 Å². The van der Waals surface area contributed by atoms with Gasteiger partial charge < -0.3 is 10.1 Å². The van der Waals surface area contributed by atoms with E-state index in [0.29, 0.717) is 29.2 Å². The summed E-state index contributed by atoms with van der Waals surface area (Å²) in [4.78, 5) is 50.9. The lowest BCUT2D eigenvalue weighted by Crippen LogP contribution is -2.30. The third-order valence-electron chi connectivity index (χ3n) is 5.41. The summed E-state index contributed by atoms with van der Waals surface area (Å²) in [5, 5.41) is 2.91. The number of ether oxygens (including phenoxy) is 1. The summed E-state index contributed by atoms with van der Waals surface area (Å²) in [5.74, 6) is -2.33. The third-order valence-corrected chi connectivity index (χ3v) is 6.21. The van der Waals surface area contributed by atoms with Crippen LogP contribution in [0.5, 0.6) is 0 Å². The first-order chi connectivity index (χ1) is 15.3. The highest BCUT2D eigenvalue weighted by molar-refractivity contribution is 9.10. The standard InChI is InChI=1S/C23H18BrClN2O5/c24-14-7-10-19(18(25)11-14)26-20(28)12-32-23(31)13-5-8-15(9-6-13)27-21(29)16-3-1-2-4-17(16)22(27)30/h1-2,5-11,16-17H,3-4,12H2,(H,26,28)/t16-,17+. The second-order valence-corrected chi connectivity index (χ2v) is 8.79. The molecule has 1 saturated heterocycles. The number of anilines is 2. The Labute approximate surface area is 197 Å². The van der Waals surface area contributed by atoms with Gasteiger partial charge >= 0.3 is 5.97 Å². The minimum Gasteiger partial charge on any atom is -0.452 e. The summed E-state index contributed by atoms with van der Waals surface area (Å²) < 4.78 is 5.82. The molecular formula is C23H18BrClN2O5. The molecular weight excluding hydrogens is 500 g/mol. The fourth-order valence-electron chi connectivity index (χ4n) is 3.79. The maximum atomic E-state index is 12.7. The molecule has 2 aromatic carbocycles. The highest BCUT2D eigenvalue weighted by Crippen LogP contribution is 2.37. The number of carbonyl (C=O) groups is 4. The molecule has 3 amide bonds. The molecule has 0 unspecified atom stereocenters. The molecule has 1 aliphatic carbocycles. The van der Waals surface area contributed by atoms with E-state index in [4.69, 9.17) is 16.3 Å². The molecule has 0 saturated carbocycles. The van der Waals surface area contributed by atoms with E-state index < -0.39 is 18.5 Å². The number of nitrogens with zero attached hydrogens (tertiary/aromatic N) is 1. The van der Waals surface area contributed by atoms with Crippen LogP contribution in [0.4, 0.5) is 11.4 Å². The number of hydrogen-bond donors (Lipinski definition) is 1. The Morgan fingerprint density at radius 2 is 1.66 bits per heavy atom. The van der Waals surface area contributed by atoms with E-state index in [-0.39, 0.29) is 29.2 Å². The zero-order valence-electron chi connectivity index (χ0n) is 16.7. The monoisotopic (exact) mass is 516 g/mol. The van der Waals surface area contributed by atoms with Crippen LogP contribution in [0.15, 0.2) is 59.1 Å². The van der Waals surface area contributed by atoms with Crippen LogP contribution >= 0.6 is 27.5 Å². The number of carbonyl (C=O) groups excluding carboxylic acids is 4. The molecule has 9 heteroatoms. The van der Waals surface area contributed by atoms with Crippen LogP contribution in [0.25, 0.3) is 0 Å². The van der Waals surface area contributed by atoms with Crippen molar-refractivity contribution in [3.8, 4) is 0 Å². The van der Waals surface area contributed by atoms with Crippen LogP contribution in [-0.4, -0.2) is 30.3 Å². The highest BCUT2D eigenvalue weighted by Gasteiger charge is 2.47. The Balaban J connectivity index is 1.36. The Kier molecular flexibility index (Phi) is 6.43. The summed E-state index contributed by atoms with van der Waals surface area (Å²) in [7, 11) is 0. The predicted octanol–water partition coefficient (Wildman–Crippen LogP) is 4.35. The number of benzene rings is 2. The molecule has 2 aromatic rings. The van der Waals surface area contributed by atoms with Crippen LogP contribution < -0.4 is 10.2 Å². The molecule has 1 heterocycles. The van der Waals surface area contributed by atoms with Gasteiger partial charge in [-0.15, -0.1) is 0 Å². The topological polar surface area (TPSA) is 92.8 Å². The largest absolute Gasteiger partial charge is 0.452 e. The van der Waals surface area contributed by atoms with Gasteiger partial charge in [0, 0.05) is 4.47 Å². The number of fused-ring (bicyclic) bond motifs is 1. The van der Waals surface area contributed by atoms with Gasteiger partial charge in [-0.2, -0.15) is 0 Å². The Morgan fingerprint density at radius 3 is 2.25 bits per heavy atom. The fourth-order valence-corrected chi connectivity index (χ4v) is 4.51. The van der Waals surface area contributed by atoms with Gasteiger partial charge in [-0.25, -0.2) is 4.79 Å². The molecule has 1 N–H and O–H groups in total. The first kappa shape index (κ1) is 22.2. The number of halogens is 2. The second kappa shape index (κ2) is 9.26. The van der Waals surface area contributed by atoms with Gasteiger partial charge in [0.25, 0.3) is 5.91 Å². The van der Waals surface area contributed by atoms with Gasteiger partial charge in [-0.05, 0) is 55.3 Å². The van der Waals surface area contributed by atoms with Crippen molar-refractivity contribution in [2.75, 3.05) is 16.8 Å². The first-order valence-electron chi connectivity index (χ1n) is 9.90. The normalized spacial score (nSPS) is 19.6. The van der Waals surface area contributed by atoms with E-state index in [0.717, 1.165) is 4.47 Å². The van der Waals surface area contributed by atoms with E-state index in [1.165, 1.54) is 29.2 Å². The number of hydrogen-bond acceptors (Lipinski definition) is 5. The van der Waals surface area contributed by atoms with Crippen LogP contribution in [0.3, 0.4) is 0 Å². The van der Waals surface area contributed by atoms with Crippen molar-refractivity contribution in [3.63, 3.8) is 0 Å². The summed E-state index contributed by atoms with van der Waals surface area (Å²) in [5.41, 5.74) is 1.01. The molecule has 0 spiro atoms. The lowest BCUT2D eigenvalue weighted by atomic mass is 9.85. The van der Waals surface area contributed by atoms with Gasteiger partial charge in [0.1, 0.15) is 0 Å². The van der Waals surface area contributed by atoms with Gasteiger partial charge in [-0.1, -0.05) is 39.7 Å². The highest BCUT2D eigenvalue weighted by atomic mass is 79.9. The number of allylic oxidation sites excluding steroid dienone is 2. The Morgan fingerprint density at radius 1 is 1.03 bits per heavy atom. The third kappa shape index (κ3) is 4.47. The van der Waals surface area contributed by atoms with Gasteiger partial charge in [0.05, 0.1) is 33.8 Å². The molecule has 0 aromatic heterocycles. The summed E-state index contributed by atoms with van der Waals surface area (Å²) in [6.07, 6.45) is 4.97. The minimum absolute atomic E-state index is 0.196. The van der Waals surface area contributed by atoms with E-state index in [9.17, 15) is 19.2 Å². The minimum atomic E-state index is -0.703. The lowest BCUT2D eigenvalue weighted by Gasteiger charge is -2.15. The molecule has 1 fully saturated rings. The van der Waals surface area contributed by atoms with E-state index in [1.54, 1.807) is 18.2 Å². The maximum Gasteiger partial charge on any atom is 0.338 e. The number of amides is 3. The average molecular weight is 518 g/mol. The smallest absolute Gasteiger partial charge is 0.338 e. The Hall–Kier alpha value is -2.97. The zero-order chi connectivity index (χ0) is 22.8. The van der Waals surface area contributed by atoms with Crippen LogP contribution in [-0.2, 0) is 19.1 Å². The van der Waals surface area contributed by atoms with Gasteiger partial charge in [0.2, 0.25) is 11.8 Å². The molecule has 164 valence electrons. The van der Waals surface area contributed by atoms with Gasteiger partial charge in [-0.3, -0.25) is 19.3 Å². The van der Waals surface area contributed by atoms with Crippen LogP contribution in [0, 0.1) is 11.8 Å². The summed E-state index contributed by atoms with van der Waals surface area (Å²) >= 11 is 9.33. The van der Waals surface area contributed by atoms with Crippen molar-refractivity contribution in [1.29, 1.82) is 0 Å². The number of esters is 1. The SMILES string of the molecule is O=C(COC(=O)c1ccc(N2C(=O)[C@H]3CC=CC[C@H]3C2=O)cc1)Nc1ccc(Br)cc1Cl. The summed E-state index contributed by atoms with van der Waals surface area (Å²) in [6, 6.07) is 10.9. The molecule has 7 nitrogen and oxygen atoms in total. The van der Waals surface area contributed by atoms with E-state index in [2.05, 4.69) is 21.2 Å². The molecule has 0 bridgehead atoms. The predicted molar refractivity (Wildman–Crippen MR) is 122 cm³/mol. The first-order valence-corrected chi connectivity index (χ1v) is 11.1.